The van der Waals surface area contributed by atoms with E-state index >= 15 is 0 Å². The maximum absolute atomic E-state index is 12.8. The zero-order valence-electron chi connectivity index (χ0n) is 44.6. The number of phosphoric acid groups is 1. The fourth-order valence-corrected chi connectivity index (χ4v) is 7.32. The van der Waals surface area contributed by atoms with Gasteiger partial charge >= 0.3 is 25.7 Å². The zero-order valence-corrected chi connectivity index (χ0v) is 45.5. The quantitative estimate of drug-likeness (QED) is 0.0197. The predicted molar refractivity (Wildman–Crippen MR) is 297 cm³/mol. The maximum Gasteiger partial charge on any atom is 0.472 e. The second kappa shape index (κ2) is 52.9. The Hall–Kier alpha value is -4.38. The van der Waals surface area contributed by atoms with Crippen molar-refractivity contribution >= 4 is 25.7 Å². The van der Waals surface area contributed by atoms with Crippen LogP contribution in [0, 0.1) is 0 Å². The van der Waals surface area contributed by atoms with Gasteiger partial charge in [0.2, 0.25) is 0 Å². The number of ether oxygens (including phenoxy) is 3. The molecule has 0 radical (unpaired) electrons. The summed E-state index contributed by atoms with van der Waals surface area (Å²) in [5.74, 6) is -1.66. The number of rotatable bonds is 48. The summed E-state index contributed by atoms with van der Waals surface area (Å²) < 4.78 is 39.2. The maximum atomic E-state index is 12.8. The lowest BCUT2D eigenvalue weighted by molar-refractivity contribution is -0.161. The molecule has 11 nitrogen and oxygen atoms in total. The van der Waals surface area contributed by atoms with Gasteiger partial charge in [-0.25, -0.2) is 4.57 Å². The zero-order chi connectivity index (χ0) is 52.7. The van der Waals surface area contributed by atoms with Gasteiger partial charge in [-0.2, -0.15) is 0 Å². The van der Waals surface area contributed by atoms with Crippen molar-refractivity contribution in [1.29, 1.82) is 0 Å². The van der Waals surface area contributed by atoms with Gasteiger partial charge in [0.25, 0.3) is 0 Å². The Morgan fingerprint density at radius 1 is 0.403 bits per heavy atom. The molecule has 0 bridgehead atoms. The lowest BCUT2D eigenvalue weighted by Gasteiger charge is -2.21. The number of phosphoric ester groups is 1. The molecular weight excluding hydrogens is 928 g/mol. The number of hydrogen-bond donors (Lipinski definition) is 2. The second-order valence-electron chi connectivity index (χ2n) is 17.3. The minimum Gasteiger partial charge on any atom is -0.462 e. The van der Waals surface area contributed by atoms with Crippen LogP contribution in [0.25, 0.3) is 0 Å². The van der Waals surface area contributed by atoms with Gasteiger partial charge in [0.1, 0.15) is 12.7 Å². The van der Waals surface area contributed by atoms with E-state index in [2.05, 4.69) is 130 Å². The van der Waals surface area contributed by atoms with Crippen molar-refractivity contribution in [3.8, 4) is 0 Å². The van der Waals surface area contributed by atoms with E-state index in [1.54, 1.807) is 0 Å². The van der Waals surface area contributed by atoms with Gasteiger partial charge in [-0.1, -0.05) is 206 Å². The van der Waals surface area contributed by atoms with Crippen LogP contribution in [0.1, 0.15) is 188 Å². The SMILES string of the molecule is CC/C=C\C/C=C\C/C=C\C/C=C\C/C=C\C/C=C\CCC(=O)OC(COC(=O)CCC/C=C\C/C=C\C/C=C\C/C=C\C/C=C\CC)COP(=O)(O)OCC(CO)OC(=O)CCCCCCCCCCC. The third kappa shape index (κ3) is 50.6. The Morgan fingerprint density at radius 2 is 0.750 bits per heavy atom. The van der Waals surface area contributed by atoms with Gasteiger partial charge in [-0.15, -0.1) is 0 Å². The smallest absolute Gasteiger partial charge is 0.462 e. The first-order valence-electron chi connectivity index (χ1n) is 27.1. The molecule has 0 saturated heterocycles. The number of aliphatic hydroxyl groups excluding tert-OH is 1. The molecule has 0 aromatic carbocycles. The first kappa shape index (κ1) is 67.6. The molecule has 72 heavy (non-hydrogen) atoms. The van der Waals surface area contributed by atoms with Gasteiger partial charge in [-0.05, 0) is 96.3 Å². The molecular formula is C60H95O11P. The summed E-state index contributed by atoms with van der Waals surface area (Å²) in [6, 6.07) is 0. The van der Waals surface area contributed by atoms with Gasteiger partial charge < -0.3 is 24.2 Å². The fourth-order valence-electron chi connectivity index (χ4n) is 6.53. The molecule has 406 valence electrons. The van der Waals surface area contributed by atoms with Crippen molar-refractivity contribution in [2.45, 2.75) is 200 Å². The monoisotopic (exact) mass is 1020 g/mol. The number of carbonyl (C=O) groups is 3. The molecule has 0 fully saturated rings. The topological polar surface area (TPSA) is 155 Å². The van der Waals surface area contributed by atoms with Crippen LogP contribution in [0.3, 0.4) is 0 Å². The van der Waals surface area contributed by atoms with E-state index in [1.807, 2.05) is 24.3 Å². The highest BCUT2D eigenvalue weighted by atomic mass is 31.2. The molecule has 0 amide bonds. The highest BCUT2D eigenvalue weighted by molar-refractivity contribution is 7.47. The van der Waals surface area contributed by atoms with E-state index in [0.717, 1.165) is 83.5 Å². The Bertz CT molecular complexity index is 1710. The van der Waals surface area contributed by atoms with Crippen molar-refractivity contribution in [3.63, 3.8) is 0 Å². The van der Waals surface area contributed by atoms with E-state index in [0.29, 0.717) is 32.1 Å². The van der Waals surface area contributed by atoms with E-state index in [-0.39, 0.29) is 19.3 Å². The van der Waals surface area contributed by atoms with Crippen molar-refractivity contribution in [3.05, 3.63) is 134 Å². The summed E-state index contributed by atoms with van der Waals surface area (Å²) >= 11 is 0. The Balaban J connectivity index is 4.96. The first-order chi connectivity index (χ1) is 35.2. The van der Waals surface area contributed by atoms with Gasteiger partial charge in [-0.3, -0.25) is 23.4 Å². The van der Waals surface area contributed by atoms with Crippen molar-refractivity contribution in [1.82, 2.24) is 0 Å². The molecule has 0 aromatic heterocycles. The summed E-state index contributed by atoms with van der Waals surface area (Å²) in [5.41, 5.74) is 0. The molecule has 0 saturated carbocycles. The summed E-state index contributed by atoms with van der Waals surface area (Å²) in [4.78, 5) is 48.3. The predicted octanol–water partition coefficient (Wildman–Crippen LogP) is 15.8. The number of hydrogen-bond acceptors (Lipinski definition) is 10. The summed E-state index contributed by atoms with van der Waals surface area (Å²) in [6.45, 7) is 4.21. The minimum absolute atomic E-state index is 0.0236. The van der Waals surface area contributed by atoms with Crippen LogP contribution < -0.4 is 0 Å². The Labute approximate surface area is 436 Å². The lowest BCUT2D eigenvalue weighted by atomic mass is 10.1. The largest absolute Gasteiger partial charge is 0.472 e. The van der Waals surface area contributed by atoms with Crippen molar-refractivity contribution < 1.29 is 52.2 Å². The number of allylic oxidation sites excluding steroid dienone is 22. The van der Waals surface area contributed by atoms with Gasteiger partial charge in [0.15, 0.2) is 6.10 Å². The van der Waals surface area contributed by atoms with Crippen LogP contribution in [0.4, 0.5) is 0 Å². The Morgan fingerprint density at radius 3 is 1.18 bits per heavy atom. The van der Waals surface area contributed by atoms with Crippen LogP contribution in [0.2, 0.25) is 0 Å². The molecule has 0 heterocycles. The highest BCUT2D eigenvalue weighted by Gasteiger charge is 2.28. The fraction of sp³-hybridized carbons (Fsp3) is 0.583. The number of unbranched alkanes of at least 4 members (excludes halogenated alkanes) is 9. The van der Waals surface area contributed by atoms with Crippen LogP contribution in [-0.2, 0) is 42.2 Å². The highest BCUT2D eigenvalue weighted by Crippen LogP contribution is 2.43. The van der Waals surface area contributed by atoms with E-state index < -0.39 is 64.4 Å². The molecule has 12 heteroatoms. The minimum atomic E-state index is -4.78. The summed E-state index contributed by atoms with van der Waals surface area (Å²) in [7, 11) is -4.78. The van der Waals surface area contributed by atoms with Crippen LogP contribution >= 0.6 is 7.82 Å². The molecule has 0 aromatic rings. The molecule has 0 rings (SSSR count). The second-order valence-corrected chi connectivity index (χ2v) is 18.7. The van der Waals surface area contributed by atoms with Gasteiger partial charge in [0.05, 0.1) is 19.8 Å². The van der Waals surface area contributed by atoms with Crippen LogP contribution in [0.15, 0.2) is 134 Å². The Kier molecular flexibility index (Phi) is 49.7. The average molecular weight is 1020 g/mol. The number of esters is 3. The number of aliphatic hydroxyl groups is 1. The molecule has 2 N–H and O–H groups in total. The standard InChI is InChI=1S/C60H95O11P/c1-4-7-10-13-16-19-21-23-25-27-28-30-32-34-36-39-42-45-48-51-60(64)71-57(53-67-58(62)49-46-43-40-38-35-33-31-29-26-24-22-20-17-14-11-8-5-2)55-69-72(65,66)68-54-56(52-61)70-59(63)50-47-44-41-37-18-15-12-9-6-3/h7-8,10-11,16-17,19-20,23-26,28,30-31,33-34,36,38,40,42,45,56-57,61H,4-6,9,12-15,18,21-22,27,29,32,35,37,39,41,43-44,46-55H2,1-3H3,(H,65,66)/b10-7-,11-8-,19-16-,20-17-,25-23-,26-24-,30-28-,33-31-,36-34-,40-38-,45-42-. The van der Waals surface area contributed by atoms with E-state index in [4.69, 9.17) is 23.3 Å². The van der Waals surface area contributed by atoms with Crippen LogP contribution in [0.5, 0.6) is 0 Å². The molecule has 0 spiro atoms. The van der Waals surface area contributed by atoms with E-state index in [1.165, 1.54) is 32.1 Å². The molecule has 0 aliphatic carbocycles. The lowest BCUT2D eigenvalue weighted by Crippen LogP contribution is -2.30. The van der Waals surface area contributed by atoms with Gasteiger partial charge in [0, 0.05) is 19.3 Å². The normalized spacial score (nSPS) is 14.5. The third-order valence-corrected chi connectivity index (χ3v) is 11.5. The third-order valence-electron chi connectivity index (χ3n) is 10.6. The number of carbonyl (C=O) groups excluding carboxylic acids is 3. The molecule has 3 unspecified atom stereocenters. The van der Waals surface area contributed by atoms with Crippen molar-refractivity contribution in [2.24, 2.45) is 0 Å². The first-order valence-corrected chi connectivity index (χ1v) is 28.6. The molecule has 3 atom stereocenters. The molecule has 0 aliphatic heterocycles. The average Bonchev–Trinajstić information content (AvgIpc) is 3.37. The summed E-state index contributed by atoms with van der Waals surface area (Å²) in [6.07, 6.45) is 65.9. The molecule has 0 aliphatic rings. The van der Waals surface area contributed by atoms with Crippen LogP contribution in [-0.4, -0.2) is 66.5 Å². The summed E-state index contributed by atoms with van der Waals surface area (Å²) in [5, 5.41) is 9.76. The van der Waals surface area contributed by atoms with Crippen molar-refractivity contribution in [2.75, 3.05) is 26.4 Å². The van der Waals surface area contributed by atoms with E-state index in [9.17, 15) is 28.9 Å².